The van der Waals surface area contributed by atoms with Crippen molar-refractivity contribution < 1.29 is 14.7 Å². The summed E-state index contributed by atoms with van der Waals surface area (Å²) in [6.07, 6.45) is 4.12. The van der Waals surface area contributed by atoms with Crippen LogP contribution >= 0.6 is 11.3 Å². The van der Waals surface area contributed by atoms with E-state index in [1.54, 1.807) is 18.1 Å². The molecule has 174 valence electrons. The number of amides is 1. The summed E-state index contributed by atoms with van der Waals surface area (Å²) in [6, 6.07) is 9.72. The maximum absolute atomic E-state index is 12.5. The summed E-state index contributed by atoms with van der Waals surface area (Å²) in [5.41, 5.74) is 9.53. The zero-order chi connectivity index (χ0) is 23.4. The number of anilines is 3. The summed E-state index contributed by atoms with van der Waals surface area (Å²) in [5, 5.41) is 9.84. The van der Waals surface area contributed by atoms with E-state index in [0.29, 0.717) is 29.1 Å². The Hall–Kier alpha value is -3.17. The molecule has 0 bridgehead atoms. The molecule has 2 aromatic heterocycles. The molecule has 0 radical (unpaired) electrons. The maximum Gasteiger partial charge on any atom is 0.253 e. The summed E-state index contributed by atoms with van der Waals surface area (Å²) in [5.74, 6) is -0.0400. The van der Waals surface area contributed by atoms with Crippen LogP contribution in [0.1, 0.15) is 32.9 Å². The molecule has 0 atom stereocenters. The van der Waals surface area contributed by atoms with E-state index in [4.69, 9.17) is 10.8 Å². The van der Waals surface area contributed by atoms with E-state index in [9.17, 15) is 9.59 Å². The second-order valence-electron chi connectivity index (χ2n) is 8.19. The van der Waals surface area contributed by atoms with Gasteiger partial charge in [0.05, 0.1) is 21.6 Å². The molecular weight excluding hydrogens is 438 g/mol. The Balaban J connectivity index is 1.47. The number of aliphatic hydroxyl groups is 1. The number of rotatable bonds is 7. The van der Waals surface area contributed by atoms with Crippen LogP contribution in [-0.2, 0) is 0 Å². The van der Waals surface area contributed by atoms with Gasteiger partial charge in [-0.2, -0.15) is 0 Å². The number of nitrogens with zero attached hydrogens (tertiary/aromatic N) is 4. The third-order valence-corrected chi connectivity index (χ3v) is 7.10. The second kappa shape index (κ2) is 10.2. The predicted octanol–water partition coefficient (Wildman–Crippen LogP) is 2.86. The van der Waals surface area contributed by atoms with Crippen LogP contribution in [0, 0.1) is 0 Å². The Kier molecular flexibility index (Phi) is 7.10. The van der Waals surface area contributed by atoms with Gasteiger partial charge in [-0.15, -0.1) is 11.3 Å². The second-order valence-corrected chi connectivity index (χ2v) is 9.22. The maximum atomic E-state index is 12.5. The van der Waals surface area contributed by atoms with E-state index >= 15 is 0 Å². The van der Waals surface area contributed by atoms with Gasteiger partial charge in [-0.05, 0) is 43.2 Å². The fourth-order valence-corrected chi connectivity index (χ4v) is 5.16. The number of nitrogens with two attached hydrogens (primary N) is 1. The summed E-state index contributed by atoms with van der Waals surface area (Å²) >= 11 is 1.33. The lowest BCUT2D eigenvalue weighted by Crippen LogP contribution is -2.31. The Bertz CT molecular complexity index is 1130. The van der Waals surface area contributed by atoms with Crippen molar-refractivity contribution in [2.45, 2.75) is 12.8 Å². The number of hydrogen-bond donors (Lipinski definition) is 2. The number of carbonyl (C=O) groups is 2. The molecule has 4 rings (SSSR count). The molecule has 0 aliphatic carbocycles. The highest BCUT2D eigenvalue weighted by Crippen LogP contribution is 2.38. The van der Waals surface area contributed by atoms with E-state index in [-0.39, 0.29) is 12.5 Å². The molecule has 0 saturated carbocycles. The highest BCUT2D eigenvalue weighted by atomic mass is 32.1. The topological polar surface area (TPSA) is 103 Å². The number of aldehydes is 1. The molecule has 33 heavy (non-hydrogen) atoms. The molecule has 0 spiro atoms. The van der Waals surface area contributed by atoms with E-state index in [1.807, 2.05) is 30.3 Å². The largest absolute Gasteiger partial charge is 0.397 e. The Morgan fingerprint density at radius 3 is 2.64 bits per heavy atom. The number of aliphatic hydroxyl groups excluding tert-OH is 1. The third kappa shape index (κ3) is 4.79. The van der Waals surface area contributed by atoms with Crippen molar-refractivity contribution in [2.24, 2.45) is 0 Å². The smallest absolute Gasteiger partial charge is 0.253 e. The van der Waals surface area contributed by atoms with Crippen molar-refractivity contribution in [1.29, 1.82) is 0 Å². The van der Waals surface area contributed by atoms with Crippen LogP contribution in [-0.4, -0.2) is 73.6 Å². The van der Waals surface area contributed by atoms with Crippen LogP contribution in [0.25, 0.3) is 10.2 Å². The van der Waals surface area contributed by atoms with Crippen molar-refractivity contribution in [3.8, 4) is 0 Å². The number of pyridine rings is 1. The van der Waals surface area contributed by atoms with Crippen molar-refractivity contribution >= 4 is 50.8 Å². The predicted molar refractivity (Wildman–Crippen MR) is 134 cm³/mol. The Morgan fingerprint density at radius 2 is 1.91 bits per heavy atom. The third-order valence-electron chi connectivity index (χ3n) is 6.06. The lowest BCUT2D eigenvalue weighted by atomic mass is 10.1. The zero-order valence-corrected chi connectivity index (χ0v) is 19.6. The number of benzene rings is 1. The summed E-state index contributed by atoms with van der Waals surface area (Å²) in [7, 11) is 1.75. The SMILES string of the molecule is CN(CCCO)C(=O)c1ccc(N2CCCN(c3ccnc4sc(C=O)c(N)c34)CC2)cc1. The molecule has 8 nitrogen and oxygen atoms in total. The first-order chi connectivity index (χ1) is 16.0. The summed E-state index contributed by atoms with van der Waals surface area (Å²) in [4.78, 5) is 35.9. The molecule has 9 heteroatoms. The van der Waals surface area contributed by atoms with Gasteiger partial charge in [0.2, 0.25) is 0 Å². The minimum Gasteiger partial charge on any atom is -0.397 e. The van der Waals surface area contributed by atoms with Gasteiger partial charge in [0.15, 0.2) is 6.29 Å². The zero-order valence-electron chi connectivity index (χ0n) is 18.7. The van der Waals surface area contributed by atoms with Crippen molar-refractivity contribution in [3.63, 3.8) is 0 Å². The molecule has 1 amide bonds. The standard InChI is InChI=1S/C24H29N5O3S/c1-27(10-3-15-30)24(32)17-4-6-18(7-5-17)28-11-2-12-29(14-13-28)19-8-9-26-23-21(19)22(25)20(16-31)33-23/h4-9,16,30H,2-3,10-15,25H2,1H3. The summed E-state index contributed by atoms with van der Waals surface area (Å²) in [6.45, 7) is 4.04. The van der Waals surface area contributed by atoms with Gasteiger partial charge in [-0.1, -0.05) is 0 Å². The van der Waals surface area contributed by atoms with Gasteiger partial charge in [-0.3, -0.25) is 9.59 Å². The normalized spacial score (nSPS) is 14.4. The quantitative estimate of drug-likeness (QED) is 0.515. The number of carbonyl (C=O) groups excluding carboxylic acids is 2. The number of thiophene rings is 1. The van der Waals surface area contributed by atoms with Crippen molar-refractivity contribution in [2.75, 3.05) is 61.9 Å². The van der Waals surface area contributed by atoms with Crippen LogP contribution in [0.15, 0.2) is 36.5 Å². The monoisotopic (exact) mass is 467 g/mol. The minimum absolute atomic E-state index is 0.0400. The lowest BCUT2D eigenvalue weighted by molar-refractivity contribution is 0.0786. The number of aromatic nitrogens is 1. The molecule has 1 aliphatic rings. The van der Waals surface area contributed by atoms with Crippen molar-refractivity contribution in [1.82, 2.24) is 9.88 Å². The molecule has 1 aliphatic heterocycles. The minimum atomic E-state index is -0.0400. The van der Waals surface area contributed by atoms with Gasteiger partial charge in [0.25, 0.3) is 5.91 Å². The highest BCUT2D eigenvalue weighted by molar-refractivity contribution is 7.21. The first-order valence-electron chi connectivity index (χ1n) is 11.1. The molecule has 1 aromatic carbocycles. The van der Waals surface area contributed by atoms with Crippen LogP contribution in [0.2, 0.25) is 0 Å². The van der Waals surface area contributed by atoms with Gasteiger partial charge in [0.1, 0.15) is 4.83 Å². The van der Waals surface area contributed by atoms with Crippen LogP contribution < -0.4 is 15.5 Å². The molecular formula is C24H29N5O3S. The number of hydrogen-bond acceptors (Lipinski definition) is 8. The highest BCUT2D eigenvalue weighted by Gasteiger charge is 2.21. The fraction of sp³-hybridized carbons (Fsp3) is 0.375. The molecule has 1 saturated heterocycles. The van der Waals surface area contributed by atoms with Gasteiger partial charge < -0.3 is 25.5 Å². The van der Waals surface area contributed by atoms with Crippen molar-refractivity contribution in [3.05, 3.63) is 47.0 Å². The lowest BCUT2D eigenvalue weighted by Gasteiger charge is -2.25. The van der Waals surface area contributed by atoms with E-state index in [1.165, 1.54) is 11.3 Å². The fourth-order valence-electron chi connectivity index (χ4n) is 4.26. The van der Waals surface area contributed by atoms with E-state index < -0.39 is 0 Å². The van der Waals surface area contributed by atoms with Crippen LogP contribution in [0.4, 0.5) is 17.1 Å². The molecule has 0 unspecified atom stereocenters. The molecule has 3 heterocycles. The van der Waals surface area contributed by atoms with Gasteiger partial charge in [0, 0.05) is 63.8 Å². The molecule has 3 aromatic rings. The van der Waals surface area contributed by atoms with E-state index in [2.05, 4.69) is 14.8 Å². The Morgan fingerprint density at radius 1 is 1.18 bits per heavy atom. The molecule has 1 fully saturated rings. The number of fused-ring (bicyclic) bond motifs is 1. The Labute approximate surface area is 197 Å². The average molecular weight is 468 g/mol. The van der Waals surface area contributed by atoms with Gasteiger partial charge >= 0.3 is 0 Å². The van der Waals surface area contributed by atoms with E-state index in [0.717, 1.165) is 60.5 Å². The average Bonchev–Trinajstić information content (AvgIpc) is 3.01. The molecule has 3 N–H and O–H groups in total. The summed E-state index contributed by atoms with van der Waals surface area (Å²) < 4.78 is 0. The first-order valence-corrected chi connectivity index (χ1v) is 11.9. The van der Waals surface area contributed by atoms with Gasteiger partial charge in [-0.25, -0.2) is 4.98 Å². The number of nitrogen functional groups attached to an aromatic ring is 1. The van der Waals surface area contributed by atoms with Crippen LogP contribution in [0.3, 0.4) is 0 Å². The van der Waals surface area contributed by atoms with Crippen LogP contribution in [0.5, 0.6) is 0 Å². The first kappa shape index (κ1) is 23.0.